The van der Waals surface area contributed by atoms with Gasteiger partial charge in [0.2, 0.25) is 17.6 Å². The van der Waals surface area contributed by atoms with Gasteiger partial charge in [-0.05, 0) is 26.0 Å². The van der Waals surface area contributed by atoms with Crippen LogP contribution in [0.25, 0.3) is 11.5 Å². The number of amides is 1. The van der Waals surface area contributed by atoms with Gasteiger partial charge in [-0.15, -0.1) is 24.8 Å². The molecule has 0 unspecified atom stereocenters. The second-order valence-electron chi connectivity index (χ2n) is 5.49. The van der Waals surface area contributed by atoms with Crippen molar-refractivity contribution < 1.29 is 9.32 Å². The lowest BCUT2D eigenvalue weighted by atomic mass is 10.1. The maximum Gasteiger partial charge on any atom is 0.227 e. The van der Waals surface area contributed by atoms with Gasteiger partial charge in [0, 0.05) is 31.1 Å². The lowest BCUT2D eigenvalue weighted by Gasteiger charge is -2.18. The molecule has 9 heteroatoms. The highest BCUT2D eigenvalue weighted by molar-refractivity contribution is 5.85. The summed E-state index contributed by atoms with van der Waals surface area (Å²) < 4.78 is 5.11. The number of rotatable bonds is 6. The third-order valence-electron chi connectivity index (χ3n) is 2.67. The first-order chi connectivity index (χ1) is 9.94. The molecule has 0 aliphatic heterocycles. The van der Waals surface area contributed by atoms with Gasteiger partial charge in [-0.2, -0.15) is 4.98 Å². The van der Waals surface area contributed by atoms with E-state index in [9.17, 15) is 4.79 Å². The van der Waals surface area contributed by atoms with Crippen LogP contribution in [0.15, 0.2) is 28.9 Å². The van der Waals surface area contributed by atoms with Crippen LogP contribution in [-0.2, 0) is 11.2 Å². The van der Waals surface area contributed by atoms with E-state index in [-0.39, 0.29) is 37.1 Å². The maximum atomic E-state index is 11.7. The third kappa shape index (κ3) is 7.40. The largest absolute Gasteiger partial charge is 0.354 e. The minimum absolute atomic E-state index is 0. The first-order valence-corrected chi connectivity index (χ1v) is 6.74. The Bertz CT molecular complexity index is 599. The van der Waals surface area contributed by atoms with Crippen molar-refractivity contribution in [3.8, 4) is 11.5 Å². The van der Waals surface area contributed by atoms with Crippen LogP contribution in [0.1, 0.15) is 26.2 Å². The first kappa shape index (κ1) is 21.3. The van der Waals surface area contributed by atoms with Gasteiger partial charge in [0.15, 0.2) is 0 Å². The molecule has 2 rings (SSSR count). The van der Waals surface area contributed by atoms with Crippen molar-refractivity contribution >= 4 is 30.7 Å². The number of aryl methyl sites for hydroxylation is 1. The fourth-order valence-electron chi connectivity index (χ4n) is 1.59. The summed E-state index contributed by atoms with van der Waals surface area (Å²) in [5.41, 5.74) is 6.01. The molecule has 7 nitrogen and oxygen atoms in total. The van der Waals surface area contributed by atoms with Gasteiger partial charge in [-0.25, -0.2) is 0 Å². The van der Waals surface area contributed by atoms with Crippen LogP contribution in [0.3, 0.4) is 0 Å². The van der Waals surface area contributed by atoms with Crippen molar-refractivity contribution in [3.05, 3.63) is 30.3 Å². The number of carbonyl (C=O) groups excluding carboxylic acids is 1. The number of nitrogens with two attached hydrogens (primary N) is 1. The summed E-state index contributed by atoms with van der Waals surface area (Å²) in [7, 11) is 0. The van der Waals surface area contributed by atoms with Crippen molar-refractivity contribution in [2.75, 3.05) is 6.54 Å². The molecule has 0 aliphatic carbocycles. The molecule has 0 atom stereocenters. The molecule has 2 aromatic heterocycles. The normalized spacial score (nSPS) is 10.4. The Morgan fingerprint density at radius 2 is 2.09 bits per heavy atom. The van der Waals surface area contributed by atoms with Gasteiger partial charge >= 0.3 is 0 Å². The molecule has 0 aliphatic rings. The lowest BCUT2D eigenvalue weighted by Crippen LogP contribution is -2.45. The number of nitrogens with zero attached hydrogens (tertiary/aromatic N) is 3. The summed E-state index contributed by atoms with van der Waals surface area (Å²) in [4.78, 5) is 20.0. The fraction of sp³-hybridized carbons (Fsp3) is 0.429. The number of hydrogen-bond acceptors (Lipinski definition) is 6. The summed E-state index contributed by atoms with van der Waals surface area (Å²) in [5.74, 6) is 0.748. The van der Waals surface area contributed by atoms with Crippen molar-refractivity contribution in [1.29, 1.82) is 0 Å². The number of nitrogens with one attached hydrogen (secondary N) is 1. The Labute approximate surface area is 147 Å². The molecule has 2 heterocycles. The third-order valence-corrected chi connectivity index (χ3v) is 2.67. The molecule has 128 valence electrons. The van der Waals surface area contributed by atoms with Crippen LogP contribution in [0.4, 0.5) is 0 Å². The SMILES string of the molecule is CC(C)(N)CNC(=O)CCc1nc(-c2ccccn2)no1.Cl.Cl. The molecule has 0 fully saturated rings. The summed E-state index contributed by atoms with van der Waals surface area (Å²) in [5, 5.41) is 6.61. The van der Waals surface area contributed by atoms with Crippen molar-refractivity contribution in [3.63, 3.8) is 0 Å². The zero-order valence-electron chi connectivity index (χ0n) is 13.0. The Morgan fingerprint density at radius 1 is 1.35 bits per heavy atom. The second kappa shape index (κ2) is 9.44. The van der Waals surface area contributed by atoms with Crippen LogP contribution in [0.2, 0.25) is 0 Å². The number of pyridine rings is 1. The molecule has 0 radical (unpaired) electrons. The van der Waals surface area contributed by atoms with Gasteiger partial charge in [-0.3, -0.25) is 9.78 Å². The summed E-state index contributed by atoms with van der Waals surface area (Å²) >= 11 is 0. The smallest absolute Gasteiger partial charge is 0.227 e. The van der Waals surface area contributed by atoms with E-state index in [0.29, 0.717) is 30.4 Å². The van der Waals surface area contributed by atoms with Gasteiger partial charge in [0.05, 0.1) is 0 Å². The van der Waals surface area contributed by atoms with Crippen molar-refractivity contribution in [2.24, 2.45) is 5.73 Å². The van der Waals surface area contributed by atoms with E-state index in [1.807, 2.05) is 26.0 Å². The number of carbonyl (C=O) groups is 1. The Morgan fingerprint density at radius 3 is 2.70 bits per heavy atom. The Hall–Kier alpha value is -1.70. The zero-order valence-corrected chi connectivity index (χ0v) is 14.6. The predicted molar refractivity (Wildman–Crippen MR) is 91.6 cm³/mol. The number of hydrogen-bond donors (Lipinski definition) is 2. The van der Waals surface area contributed by atoms with E-state index in [4.69, 9.17) is 10.3 Å². The highest BCUT2D eigenvalue weighted by Crippen LogP contribution is 2.12. The van der Waals surface area contributed by atoms with E-state index in [2.05, 4.69) is 20.4 Å². The molecule has 1 amide bonds. The van der Waals surface area contributed by atoms with Gasteiger partial charge in [0.25, 0.3) is 0 Å². The van der Waals surface area contributed by atoms with E-state index in [0.717, 1.165) is 0 Å². The molecular formula is C14H21Cl2N5O2. The summed E-state index contributed by atoms with van der Waals surface area (Å²) in [6.45, 7) is 4.13. The van der Waals surface area contributed by atoms with Gasteiger partial charge < -0.3 is 15.6 Å². The zero-order chi connectivity index (χ0) is 15.3. The van der Waals surface area contributed by atoms with Crippen molar-refractivity contribution in [1.82, 2.24) is 20.4 Å². The standard InChI is InChI=1S/C14H19N5O2.2ClH/c1-14(2,15)9-17-11(20)6-7-12-18-13(19-21-12)10-5-3-4-8-16-10;;/h3-5,8H,6-7,9,15H2,1-2H3,(H,17,20);2*1H. The highest BCUT2D eigenvalue weighted by atomic mass is 35.5. The van der Waals surface area contributed by atoms with Crippen LogP contribution < -0.4 is 11.1 Å². The minimum atomic E-state index is -0.424. The van der Waals surface area contributed by atoms with Crippen LogP contribution in [0, 0.1) is 0 Å². The molecular weight excluding hydrogens is 341 g/mol. The van der Waals surface area contributed by atoms with E-state index >= 15 is 0 Å². The Balaban J connectivity index is 0.00000242. The molecule has 0 saturated carbocycles. The molecule has 23 heavy (non-hydrogen) atoms. The molecule has 0 bridgehead atoms. The summed E-state index contributed by atoms with van der Waals surface area (Å²) in [6, 6.07) is 5.46. The minimum Gasteiger partial charge on any atom is -0.354 e. The molecule has 0 aromatic carbocycles. The number of halogens is 2. The van der Waals surface area contributed by atoms with Gasteiger partial charge in [-0.1, -0.05) is 11.2 Å². The first-order valence-electron chi connectivity index (χ1n) is 6.74. The maximum absolute atomic E-state index is 11.7. The second-order valence-corrected chi connectivity index (χ2v) is 5.49. The van der Waals surface area contributed by atoms with Crippen LogP contribution in [0.5, 0.6) is 0 Å². The highest BCUT2D eigenvalue weighted by Gasteiger charge is 2.14. The average Bonchev–Trinajstić information content (AvgIpc) is 2.92. The van der Waals surface area contributed by atoms with Crippen LogP contribution >= 0.6 is 24.8 Å². The fourth-order valence-corrected chi connectivity index (χ4v) is 1.59. The number of aromatic nitrogens is 3. The average molecular weight is 362 g/mol. The topological polar surface area (TPSA) is 107 Å². The van der Waals surface area contributed by atoms with E-state index in [1.165, 1.54) is 0 Å². The van der Waals surface area contributed by atoms with Gasteiger partial charge in [0.1, 0.15) is 5.69 Å². The Kier molecular flexibility index (Phi) is 8.74. The van der Waals surface area contributed by atoms with Crippen LogP contribution in [-0.4, -0.2) is 33.1 Å². The predicted octanol–water partition coefficient (Wildman–Crippen LogP) is 1.76. The monoisotopic (exact) mass is 361 g/mol. The molecule has 0 saturated heterocycles. The summed E-state index contributed by atoms with van der Waals surface area (Å²) in [6.07, 6.45) is 2.32. The van der Waals surface area contributed by atoms with Crippen molar-refractivity contribution in [2.45, 2.75) is 32.2 Å². The molecule has 3 N–H and O–H groups in total. The molecule has 2 aromatic rings. The lowest BCUT2D eigenvalue weighted by molar-refractivity contribution is -0.121. The van der Waals surface area contributed by atoms with E-state index < -0.39 is 5.54 Å². The molecule has 0 spiro atoms. The van der Waals surface area contributed by atoms with E-state index in [1.54, 1.807) is 12.3 Å². The quantitative estimate of drug-likeness (QED) is 0.811.